The fraction of sp³-hybridized carbons (Fsp3) is 0.105. The van der Waals surface area contributed by atoms with Crippen LogP contribution in [0.4, 0.5) is 28.4 Å². The van der Waals surface area contributed by atoms with Crippen LogP contribution in [0.1, 0.15) is 13.8 Å². The van der Waals surface area contributed by atoms with E-state index in [-0.39, 0.29) is 16.7 Å². The van der Waals surface area contributed by atoms with Crippen LogP contribution in [0.5, 0.6) is 0 Å². The molecule has 20 heteroatoms. The number of hydrogen-bond donors (Lipinski definition) is 5. The van der Waals surface area contributed by atoms with Gasteiger partial charge in [0.2, 0.25) is 11.8 Å². The molecule has 0 aliphatic heterocycles. The molecule has 0 unspecified atom stereocenters. The minimum Gasteiger partial charge on any atom is -0.299 e. The molecule has 0 saturated heterocycles. The number of amides is 2. The molecule has 212 valence electrons. The molecule has 2 aromatic carbocycles. The Morgan fingerprint density at radius 3 is 1.23 bits per heavy atom. The fourth-order valence-corrected chi connectivity index (χ4v) is 2.98. The van der Waals surface area contributed by atoms with E-state index in [0.717, 1.165) is 12.1 Å². The lowest BCUT2D eigenvalue weighted by atomic mass is 10.3. The van der Waals surface area contributed by atoms with Crippen LogP contribution in [0.25, 0.3) is 0 Å². The van der Waals surface area contributed by atoms with Gasteiger partial charge in [0.25, 0.3) is 10.1 Å². The van der Waals surface area contributed by atoms with Gasteiger partial charge in [0.05, 0.1) is 21.2 Å². The van der Waals surface area contributed by atoms with E-state index in [1.165, 1.54) is 50.2 Å². The average molecular weight is 598 g/mol. The molecule has 14 nitrogen and oxygen atoms in total. The van der Waals surface area contributed by atoms with E-state index < -0.39 is 43.5 Å². The monoisotopic (exact) mass is 597 g/mol. The van der Waals surface area contributed by atoms with Crippen molar-refractivity contribution in [3.8, 4) is 0 Å². The number of carbonyl (C=O) groups is 2. The number of anilines is 2. The molecule has 39 heavy (non-hydrogen) atoms. The highest BCUT2D eigenvalue weighted by molar-refractivity contribution is 7.86. The van der Waals surface area contributed by atoms with E-state index in [0.29, 0.717) is 11.4 Å². The van der Waals surface area contributed by atoms with Gasteiger partial charge in [-0.15, -0.1) is 3.89 Å². The topological polar surface area (TPSA) is 209 Å². The maximum atomic E-state index is 12.4. The van der Waals surface area contributed by atoms with Gasteiger partial charge in [0.1, 0.15) is 0 Å². The second kappa shape index (κ2) is 14.5. The van der Waals surface area contributed by atoms with Crippen LogP contribution in [-0.2, 0) is 29.9 Å². The lowest BCUT2D eigenvalue weighted by Gasteiger charge is -2.06. The molecule has 0 bridgehead atoms. The number of nitrogens with zero attached hydrogens (tertiary/aromatic N) is 3. The largest absolute Gasteiger partial charge is 0.332 e. The van der Waals surface area contributed by atoms with Gasteiger partial charge in [-0.1, -0.05) is 0 Å². The summed E-state index contributed by atoms with van der Waals surface area (Å²) >= 11 is 0. The molecular formula is C19H19F4N7O7S2. The number of hydrogen-bond acceptors (Lipinski definition) is 11. The Labute approximate surface area is 218 Å². The van der Waals surface area contributed by atoms with Gasteiger partial charge >= 0.3 is 28.5 Å². The number of hydrazine groups is 2. The Kier molecular flexibility index (Phi) is 12.1. The summed E-state index contributed by atoms with van der Waals surface area (Å²) in [6.07, 6.45) is -4.38. The molecule has 1 heterocycles. The van der Waals surface area contributed by atoms with Gasteiger partial charge < -0.3 is 0 Å². The quantitative estimate of drug-likeness (QED) is 0.118. The van der Waals surface area contributed by atoms with Crippen molar-refractivity contribution in [2.75, 3.05) is 10.9 Å². The molecule has 1 aromatic heterocycles. The van der Waals surface area contributed by atoms with Gasteiger partial charge in [0, 0.05) is 13.8 Å². The summed E-state index contributed by atoms with van der Waals surface area (Å²) in [5.41, 5.74) is 10.6. The molecule has 0 spiro atoms. The number of benzene rings is 2. The molecule has 5 N–H and O–H groups in total. The highest BCUT2D eigenvalue weighted by Crippen LogP contribution is 2.15. The number of rotatable bonds is 6. The Morgan fingerprint density at radius 2 is 0.974 bits per heavy atom. The first-order chi connectivity index (χ1) is 18.0. The zero-order valence-electron chi connectivity index (χ0n) is 19.7. The number of carbonyl (C=O) groups excluding carboxylic acids is 2. The van der Waals surface area contributed by atoms with Gasteiger partial charge in [0.15, 0.2) is 0 Å². The second-order valence-corrected chi connectivity index (χ2v) is 9.49. The second-order valence-electron chi connectivity index (χ2n) is 6.72. The Balaban J connectivity index is 0.000000302. The van der Waals surface area contributed by atoms with E-state index >= 15 is 0 Å². The molecule has 3 rings (SSSR count). The zero-order chi connectivity index (χ0) is 29.8. The lowest BCUT2D eigenvalue weighted by molar-refractivity contribution is -0.119. The van der Waals surface area contributed by atoms with E-state index in [2.05, 4.69) is 36.7 Å². The molecule has 0 fully saturated rings. The summed E-state index contributed by atoms with van der Waals surface area (Å²) in [4.78, 5) is 27.7. The Hall–Kier alpha value is -4.43. The summed E-state index contributed by atoms with van der Waals surface area (Å²) < 4.78 is 98.4. The number of nitrogens with one attached hydrogen (secondary N) is 4. The summed E-state index contributed by atoms with van der Waals surface area (Å²) in [5.74, 6) is -0.564. The van der Waals surface area contributed by atoms with Gasteiger partial charge in [-0.2, -0.15) is 45.0 Å². The van der Waals surface area contributed by atoms with Gasteiger partial charge in [-0.25, -0.2) is 0 Å². The van der Waals surface area contributed by atoms with Crippen molar-refractivity contribution in [1.82, 2.24) is 25.8 Å². The summed E-state index contributed by atoms with van der Waals surface area (Å²) in [6.45, 7) is 2.65. The van der Waals surface area contributed by atoms with Gasteiger partial charge in [-0.3, -0.25) is 35.8 Å². The molecule has 0 aliphatic carbocycles. The van der Waals surface area contributed by atoms with Crippen molar-refractivity contribution >= 4 is 43.5 Å². The Bertz CT molecular complexity index is 1350. The minimum absolute atomic E-state index is 0.198. The van der Waals surface area contributed by atoms with E-state index in [1.54, 1.807) is 0 Å². The molecule has 0 aliphatic rings. The summed E-state index contributed by atoms with van der Waals surface area (Å²) in [6, 6.07) is 10.1. The molecule has 0 saturated carbocycles. The van der Waals surface area contributed by atoms with Crippen molar-refractivity contribution in [3.63, 3.8) is 0 Å². The summed E-state index contributed by atoms with van der Waals surface area (Å²) in [7, 11) is -8.83. The third-order valence-electron chi connectivity index (χ3n) is 3.61. The van der Waals surface area contributed by atoms with Crippen molar-refractivity contribution in [1.29, 1.82) is 0 Å². The lowest BCUT2D eigenvalue weighted by Crippen LogP contribution is -2.26. The molecule has 0 atom stereocenters. The van der Waals surface area contributed by atoms with Crippen LogP contribution >= 0.6 is 0 Å². The SMILES string of the molecule is CC(=O)NNc1ccc(S(=O)(=O)F)cc1.CC(=O)NNc1ccc(S(=O)(=O)O)cc1.Fc1nc(F)nc(F)n1. The maximum Gasteiger partial charge on any atom is 0.332 e. The van der Waals surface area contributed by atoms with Crippen molar-refractivity contribution in [2.24, 2.45) is 0 Å². The standard InChI is InChI=1S/C8H9FN2O3S.C8H10N2O4S.C3F3N3/c1-6(12)10-11-7-2-4-8(5-3-7)15(9,13)14;1-6(11)9-10-7-2-4-8(5-3-7)15(12,13)14;4-1-7-2(5)9-3(6)8-1/h2-5,11H,1H3,(H,10,12);2-5,10H,1H3,(H,9,11)(H,12,13,14);. The molecular weight excluding hydrogens is 578 g/mol. The normalized spacial score (nSPS) is 10.5. The fourth-order valence-electron chi connectivity index (χ4n) is 2.03. The zero-order valence-corrected chi connectivity index (χ0v) is 21.3. The number of aromatic nitrogens is 3. The molecule has 2 amide bonds. The maximum absolute atomic E-state index is 12.4. The first kappa shape index (κ1) is 32.6. The van der Waals surface area contributed by atoms with E-state index in [4.69, 9.17) is 4.55 Å². The number of halogens is 4. The first-order valence-electron chi connectivity index (χ1n) is 9.87. The van der Waals surface area contributed by atoms with Crippen LogP contribution in [-0.4, -0.2) is 48.2 Å². The van der Waals surface area contributed by atoms with Crippen LogP contribution in [0.3, 0.4) is 0 Å². The van der Waals surface area contributed by atoms with E-state index in [1.807, 2.05) is 0 Å². The summed E-state index contributed by atoms with van der Waals surface area (Å²) in [5, 5.41) is 0. The highest BCUT2D eigenvalue weighted by atomic mass is 32.3. The van der Waals surface area contributed by atoms with Crippen LogP contribution in [0.15, 0.2) is 58.3 Å². The van der Waals surface area contributed by atoms with Crippen LogP contribution < -0.4 is 21.7 Å². The average Bonchev–Trinajstić information content (AvgIpc) is 2.81. The van der Waals surface area contributed by atoms with Crippen LogP contribution in [0.2, 0.25) is 0 Å². The first-order valence-corrected chi connectivity index (χ1v) is 12.7. The third-order valence-corrected chi connectivity index (χ3v) is 5.31. The predicted octanol–water partition coefficient (Wildman–Crippen LogP) is 1.49. The highest BCUT2D eigenvalue weighted by Gasteiger charge is 2.10. The van der Waals surface area contributed by atoms with E-state index in [9.17, 15) is 43.5 Å². The third kappa shape index (κ3) is 13.6. The smallest absolute Gasteiger partial charge is 0.299 e. The van der Waals surface area contributed by atoms with Crippen LogP contribution in [0, 0.1) is 18.2 Å². The predicted molar refractivity (Wildman–Crippen MR) is 126 cm³/mol. The molecule has 3 aromatic rings. The van der Waals surface area contributed by atoms with Crippen molar-refractivity contribution in [3.05, 3.63) is 66.8 Å². The van der Waals surface area contributed by atoms with Crippen molar-refractivity contribution in [2.45, 2.75) is 23.6 Å². The molecule has 0 radical (unpaired) electrons. The minimum atomic E-state index is -4.67. The van der Waals surface area contributed by atoms with Gasteiger partial charge in [-0.05, 0) is 48.5 Å². The Morgan fingerprint density at radius 1 is 0.667 bits per heavy atom. The van der Waals surface area contributed by atoms with Crippen molar-refractivity contribution < 1.29 is 48.0 Å².